The summed E-state index contributed by atoms with van der Waals surface area (Å²) < 4.78 is 0. The molecule has 3 rings (SSSR count). The molecule has 1 amide bonds. The van der Waals surface area contributed by atoms with Crippen LogP contribution in [0.3, 0.4) is 0 Å². The van der Waals surface area contributed by atoms with Gasteiger partial charge in [0.2, 0.25) is 5.91 Å². The molecule has 0 spiro atoms. The molecular weight excluding hydrogens is 278 g/mol. The molecule has 22 heavy (non-hydrogen) atoms. The number of carbonyl (C=O) groups excluding carboxylic acids is 1. The monoisotopic (exact) mass is 299 g/mol. The summed E-state index contributed by atoms with van der Waals surface area (Å²) in [6.45, 7) is 5.33. The molecule has 0 aromatic carbocycles. The lowest BCUT2D eigenvalue weighted by molar-refractivity contribution is -0.130. The fourth-order valence-corrected chi connectivity index (χ4v) is 2.95. The normalized spacial score (nSPS) is 16.0. The van der Waals surface area contributed by atoms with Crippen LogP contribution in [0.2, 0.25) is 0 Å². The summed E-state index contributed by atoms with van der Waals surface area (Å²) >= 11 is 0. The van der Waals surface area contributed by atoms with E-state index < -0.39 is 0 Å². The summed E-state index contributed by atoms with van der Waals surface area (Å²) in [7, 11) is 0. The quantitative estimate of drug-likeness (QED) is 0.940. The van der Waals surface area contributed by atoms with Gasteiger partial charge in [0.05, 0.1) is 5.69 Å². The Morgan fingerprint density at radius 3 is 2.68 bits per heavy atom. The molecule has 6 nitrogen and oxygen atoms in total. The van der Waals surface area contributed by atoms with Crippen molar-refractivity contribution < 1.29 is 4.79 Å². The predicted octanol–water partition coefficient (Wildman–Crippen LogP) is 1.98. The fourth-order valence-electron chi connectivity index (χ4n) is 2.95. The maximum atomic E-state index is 11.4. The first-order chi connectivity index (χ1) is 10.6. The van der Waals surface area contributed by atoms with E-state index in [1.54, 1.807) is 13.3 Å². The molecule has 116 valence electrons. The number of amides is 1. The second-order valence-corrected chi connectivity index (χ2v) is 5.98. The van der Waals surface area contributed by atoms with Crippen molar-refractivity contribution in [2.24, 2.45) is 5.92 Å². The first-order valence-electron chi connectivity index (χ1n) is 7.70. The zero-order chi connectivity index (χ0) is 15.5. The number of piperidine rings is 1. The molecule has 1 aliphatic rings. The number of nitrogens with zero attached hydrogens (tertiary/aromatic N) is 4. The first kappa shape index (κ1) is 14.7. The fraction of sp³-hybridized carbons (Fsp3) is 0.500. The standard InChI is InChI=1S/C16H21N5O/c1-11-7-16(20-19-11)15-9-14(17-10-18-15)8-13-3-5-21(6-4-13)12(2)22/h7,9-10,13H,3-6,8H2,1-2H3,(H,19,20). The molecule has 2 aromatic rings. The first-order valence-corrected chi connectivity index (χ1v) is 7.70. The van der Waals surface area contributed by atoms with Crippen LogP contribution in [0, 0.1) is 12.8 Å². The van der Waals surface area contributed by atoms with Crippen molar-refractivity contribution in [3.8, 4) is 11.4 Å². The zero-order valence-corrected chi connectivity index (χ0v) is 13.0. The number of aromatic nitrogens is 4. The summed E-state index contributed by atoms with van der Waals surface area (Å²) in [4.78, 5) is 22.0. The van der Waals surface area contributed by atoms with Gasteiger partial charge >= 0.3 is 0 Å². The Bertz CT molecular complexity index is 658. The van der Waals surface area contributed by atoms with Crippen LogP contribution in [0.1, 0.15) is 31.2 Å². The van der Waals surface area contributed by atoms with Crippen LogP contribution >= 0.6 is 0 Å². The van der Waals surface area contributed by atoms with E-state index in [4.69, 9.17) is 0 Å². The molecule has 0 unspecified atom stereocenters. The van der Waals surface area contributed by atoms with E-state index in [0.717, 1.165) is 55.1 Å². The second kappa shape index (κ2) is 6.25. The molecule has 0 bridgehead atoms. The lowest BCUT2D eigenvalue weighted by Gasteiger charge is -2.31. The van der Waals surface area contributed by atoms with Gasteiger partial charge in [-0.05, 0) is 44.2 Å². The summed E-state index contributed by atoms with van der Waals surface area (Å²) in [6, 6.07) is 4.00. The summed E-state index contributed by atoms with van der Waals surface area (Å²) in [6.07, 6.45) is 4.63. The maximum Gasteiger partial charge on any atom is 0.219 e. The van der Waals surface area contributed by atoms with E-state index in [1.165, 1.54) is 0 Å². The van der Waals surface area contributed by atoms with Crippen molar-refractivity contribution in [2.45, 2.75) is 33.1 Å². The Hall–Kier alpha value is -2.24. The zero-order valence-electron chi connectivity index (χ0n) is 13.0. The van der Waals surface area contributed by atoms with E-state index in [0.29, 0.717) is 5.92 Å². The van der Waals surface area contributed by atoms with Gasteiger partial charge in [0.15, 0.2) is 0 Å². The molecule has 1 aliphatic heterocycles. The number of aromatic amines is 1. The molecule has 2 aromatic heterocycles. The van der Waals surface area contributed by atoms with Crippen LogP contribution < -0.4 is 0 Å². The molecular formula is C16H21N5O. The van der Waals surface area contributed by atoms with Gasteiger partial charge in [0.1, 0.15) is 12.0 Å². The highest BCUT2D eigenvalue weighted by Crippen LogP contribution is 2.22. The van der Waals surface area contributed by atoms with Gasteiger partial charge in [0, 0.05) is 31.4 Å². The molecule has 6 heteroatoms. The van der Waals surface area contributed by atoms with E-state index in [2.05, 4.69) is 20.2 Å². The average Bonchev–Trinajstić information content (AvgIpc) is 2.95. The smallest absolute Gasteiger partial charge is 0.219 e. The van der Waals surface area contributed by atoms with Gasteiger partial charge in [-0.25, -0.2) is 9.97 Å². The van der Waals surface area contributed by atoms with Crippen LogP contribution in [0.5, 0.6) is 0 Å². The third kappa shape index (κ3) is 3.32. The molecule has 1 N–H and O–H groups in total. The topological polar surface area (TPSA) is 74.8 Å². The van der Waals surface area contributed by atoms with Gasteiger partial charge in [-0.2, -0.15) is 5.10 Å². The van der Waals surface area contributed by atoms with Crippen molar-refractivity contribution in [3.05, 3.63) is 29.8 Å². The third-order valence-corrected chi connectivity index (χ3v) is 4.25. The van der Waals surface area contributed by atoms with Gasteiger partial charge in [0.25, 0.3) is 0 Å². The highest BCUT2D eigenvalue weighted by molar-refractivity contribution is 5.73. The minimum absolute atomic E-state index is 0.177. The van der Waals surface area contributed by atoms with E-state index in [1.807, 2.05) is 24.0 Å². The molecule has 0 radical (unpaired) electrons. The van der Waals surface area contributed by atoms with Crippen molar-refractivity contribution in [3.63, 3.8) is 0 Å². The Kier molecular flexibility index (Phi) is 4.18. The molecule has 1 saturated heterocycles. The molecule has 0 atom stereocenters. The minimum Gasteiger partial charge on any atom is -0.343 e. The summed E-state index contributed by atoms with van der Waals surface area (Å²) in [5.74, 6) is 0.760. The number of hydrogen-bond acceptors (Lipinski definition) is 4. The molecule has 3 heterocycles. The van der Waals surface area contributed by atoms with Gasteiger partial charge in [-0.15, -0.1) is 0 Å². The second-order valence-electron chi connectivity index (χ2n) is 5.98. The Balaban J connectivity index is 1.65. The lowest BCUT2D eigenvalue weighted by atomic mass is 9.92. The number of hydrogen-bond donors (Lipinski definition) is 1. The summed E-state index contributed by atoms with van der Waals surface area (Å²) in [5.41, 5.74) is 3.78. The van der Waals surface area contributed by atoms with Gasteiger partial charge < -0.3 is 4.90 Å². The number of carbonyl (C=O) groups is 1. The Morgan fingerprint density at radius 2 is 2.05 bits per heavy atom. The van der Waals surface area contributed by atoms with Gasteiger partial charge in [-0.3, -0.25) is 9.89 Å². The van der Waals surface area contributed by atoms with Crippen molar-refractivity contribution in [1.29, 1.82) is 0 Å². The highest BCUT2D eigenvalue weighted by atomic mass is 16.2. The number of H-pyrrole nitrogens is 1. The van der Waals surface area contributed by atoms with E-state index in [-0.39, 0.29) is 5.91 Å². The number of nitrogens with one attached hydrogen (secondary N) is 1. The maximum absolute atomic E-state index is 11.4. The molecule has 0 aliphatic carbocycles. The molecule has 0 saturated carbocycles. The van der Waals surface area contributed by atoms with Crippen LogP contribution in [0.15, 0.2) is 18.5 Å². The van der Waals surface area contributed by atoms with Crippen LogP contribution in [-0.2, 0) is 11.2 Å². The van der Waals surface area contributed by atoms with Crippen molar-refractivity contribution in [2.75, 3.05) is 13.1 Å². The molecule has 1 fully saturated rings. The largest absolute Gasteiger partial charge is 0.343 e. The van der Waals surface area contributed by atoms with Crippen molar-refractivity contribution >= 4 is 5.91 Å². The van der Waals surface area contributed by atoms with E-state index >= 15 is 0 Å². The van der Waals surface area contributed by atoms with Crippen LogP contribution in [0.4, 0.5) is 0 Å². The predicted molar refractivity (Wildman–Crippen MR) is 83.0 cm³/mol. The van der Waals surface area contributed by atoms with Crippen LogP contribution in [0.25, 0.3) is 11.4 Å². The van der Waals surface area contributed by atoms with Crippen LogP contribution in [-0.4, -0.2) is 44.1 Å². The summed E-state index contributed by atoms with van der Waals surface area (Å²) in [5, 5.41) is 7.18. The minimum atomic E-state index is 0.177. The average molecular weight is 299 g/mol. The number of likely N-dealkylation sites (tertiary alicyclic amines) is 1. The number of aryl methyl sites for hydroxylation is 1. The Labute approximate surface area is 130 Å². The number of rotatable bonds is 3. The third-order valence-electron chi connectivity index (χ3n) is 4.25. The SMILES string of the molecule is CC(=O)N1CCC(Cc2cc(-c3cc(C)[nH]n3)ncn2)CC1. The lowest BCUT2D eigenvalue weighted by Crippen LogP contribution is -2.37. The Morgan fingerprint density at radius 1 is 1.27 bits per heavy atom. The highest BCUT2D eigenvalue weighted by Gasteiger charge is 2.21. The van der Waals surface area contributed by atoms with Gasteiger partial charge in [-0.1, -0.05) is 0 Å². The van der Waals surface area contributed by atoms with Crippen molar-refractivity contribution in [1.82, 2.24) is 25.1 Å². The van der Waals surface area contributed by atoms with E-state index in [9.17, 15) is 4.79 Å².